The third-order valence-corrected chi connectivity index (χ3v) is 12.7. The minimum Gasteiger partial charge on any atom is -0.309 e. The van der Waals surface area contributed by atoms with Crippen molar-refractivity contribution in [1.82, 2.24) is 19.1 Å². The maximum absolute atomic E-state index is 5.74. The van der Waals surface area contributed by atoms with E-state index in [4.69, 9.17) is 9.97 Å². The lowest BCUT2D eigenvalue weighted by Gasteiger charge is -2.16. The van der Waals surface area contributed by atoms with Gasteiger partial charge in [0.15, 0.2) is 5.82 Å². The molecule has 4 nitrogen and oxygen atoms in total. The van der Waals surface area contributed by atoms with Crippen molar-refractivity contribution in [3.05, 3.63) is 218 Å². The minimum absolute atomic E-state index is 0.807. The van der Waals surface area contributed by atoms with Crippen LogP contribution < -0.4 is 0 Å². The molecule has 0 spiro atoms. The van der Waals surface area contributed by atoms with Crippen LogP contribution in [0.4, 0.5) is 0 Å². The van der Waals surface area contributed by atoms with Crippen LogP contribution in [0.15, 0.2) is 218 Å². The summed E-state index contributed by atoms with van der Waals surface area (Å²) in [7, 11) is 0. The standard InChI is InChI=1S/C58H36N4/c1-4-18-37(19-5-1)40-34-41(38-20-6-2-7-21-38)36-42(35-40)61-49-30-16-14-28-47(49)53-51(61)32-33-52-54(53)48-29-15-17-31-50(48)62(52)58-55(39-22-8-3-9-23-39)59-56-45-26-12-10-24-43(45)44-25-11-13-27-46(44)57(56)60-58/h1-36H. The normalized spacial score (nSPS) is 11.9. The molecule has 0 unspecified atom stereocenters. The molecule has 0 saturated carbocycles. The molecule has 0 aliphatic carbocycles. The Bertz CT molecular complexity index is 3840. The van der Waals surface area contributed by atoms with Crippen molar-refractivity contribution in [2.75, 3.05) is 0 Å². The van der Waals surface area contributed by atoms with Crippen LogP contribution in [0.2, 0.25) is 0 Å². The second kappa shape index (κ2) is 13.6. The van der Waals surface area contributed by atoms with Crippen LogP contribution >= 0.6 is 0 Å². The van der Waals surface area contributed by atoms with Gasteiger partial charge >= 0.3 is 0 Å². The molecule has 0 N–H and O–H groups in total. The first-order valence-corrected chi connectivity index (χ1v) is 21.2. The third-order valence-electron chi connectivity index (χ3n) is 12.7. The maximum Gasteiger partial charge on any atom is 0.165 e. The van der Waals surface area contributed by atoms with Gasteiger partial charge < -0.3 is 4.57 Å². The quantitative estimate of drug-likeness (QED) is 0.163. The van der Waals surface area contributed by atoms with E-state index in [1.54, 1.807) is 0 Å². The fourth-order valence-electron chi connectivity index (χ4n) is 9.96. The molecule has 0 bridgehead atoms. The number of benzene rings is 10. The van der Waals surface area contributed by atoms with E-state index in [0.717, 1.165) is 66.6 Å². The fraction of sp³-hybridized carbons (Fsp3) is 0. The van der Waals surface area contributed by atoms with Crippen LogP contribution in [0.25, 0.3) is 121 Å². The van der Waals surface area contributed by atoms with Gasteiger partial charge in [0, 0.05) is 43.6 Å². The van der Waals surface area contributed by atoms with Gasteiger partial charge in [0.2, 0.25) is 0 Å². The summed E-state index contributed by atoms with van der Waals surface area (Å²) in [5, 5.41) is 9.32. The predicted molar refractivity (Wildman–Crippen MR) is 260 cm³/mol. The second-order valence-electron chi connectivity index (χ2n) is 16.1. The Hall–Kier alpha value is -8.34. The van der Waals surface area contributed by atoms with E-state index in [9.17, 15) is 0 Å². The summed E-state index contributed by atoms with van der Waals surface area (Å²) in [6, 6.07) is 78.4. The van der Waals surface area contributed by atoms with Crippen molar-refractivity contribution >= 4 is 76.2 Å². The van der Waals surface area contributed by atoms with Crippen molar-refractivity contribution in [3.63, 3.8) is 0 Å². The van der Waals surface area contributed by atoms with Crippen LogP contribution in [0.3, 0.4) is 0 Å². The Morgan fingerprint density at radius 3 is 1.21 bits per heavy atom. The second-order valence-corrected chi connectivity index (χ2v) is 16.1. The highest BCUT2D eigenvalue weighted by Crippen LogP contribution is 2.45. The van der Waals surface area contributed by atoms with Crippen molar-refractivity contribution in [2.45, 2.75) is 0 Å². The average Bonchev–Trinajstić information content (AvgIpc) is 3.87. The summed E-state index contributed by atoms with van der Waals surface area (Å²) in [6.07, 6.45) is 0. The highest BCUT2D eigenvalue weighted by molar-refractivity contribution is 6.29. The lowest BCUT2D eigenvalue weighted by atomic mass is 9.98. The van der Waals surface area contributed by atoms with Crippen molar-refractivity contribution in [2.24, 2.45) is 0 Å². The molecule has 4 heteroatoms. The van der Waals surface area contributed by atoms with Gasteiger partial charge in [0.1, 0.15) is 5.69 Å². The molecular weight excluding hydrogens is 753 g/mol. The Morgan fingerprint density at radius 2 is 0.677 bits per heavy atom. The largest absolute Gasteiger partial charge is 0.309 e. The number of hydrogen-bond donors (Lipinski definition) is 0. The molecule has 0 fully saturated rings. The summed E-state index contributed by atoms with van der Waals surface area (Å²) in [4.78, 5) is 11.4. The van der Waals surface area contributed by atoms with Gasteiger partial charge in [-0.3, -0.25) is 4.57 Å². The molecular formula is C58H36N4. The topological polar surface area (TPSA) is 35.6 Å². The van der Waals surface area contributed by atoms with Crippen molar-refractivity contribution < 1.29 is 0 Å². The van der Waals surface area contributed by atoms with Gasteiger partial charge in [0.05, 0.1) is 33.1 Å². The molecule has 0 aliphatic rings. The van der Waals surface area contributed by atoms with Gasteiger partial charge in [-0.1, -0.05) is 176 Å². The molecule has 0 aliphatic heterocycles. The molecule has 0 amide bonds. The molecule has 3 aromatic heterocycles. The van der Waals surface area contributed by atoms with Crippen molar-refractivity contribution in [1.29, 1.82) is 0 Å². The molecule has 13 aromatic rings. The Balaban J connectivity index is 1.15. The Morgan fingerprint density at radius 1 is 0.274 bits per heavy atom. The third kappa shape index (κ3) is 5.14. The van der Waals surface area contributed by atoms with Gasteiger partial charge in [0.25, 0.3) is 0 Å². The maximum atomic E-state index is 5.74. The number of nitrogens with zero attached hydrogens (tertiary/aromatic N) is 4. The molecule has 0 atom stereocenters. The predicted octanol–water partition coefficient (Wildman–Crippen LogP) is 15.1. The van der Waals surface area contributed by atoms with Gasteiger partial charge in [-0.05, 0) is 75.5 Å². The Kier molecular flexibility index (Phi) is 7.57. The highest BCUT2D eigenvalue weighted by atomic mass is 15.1. The van der Waals surface area contributed by atoms with Crippen LogP contribution in [-0.2, 0) is 0 Å². The van der Waals surface area contributed by atoms with E-state index < -0.39 is 0 Å². The Labute approximate surface area is 357 Å². The molecule has 0 saturated heterocycles. The number of aromatic nitrogens is 4. The van der Waals surface area contributed by atoms with Gasteiger partial charge in [-0.15, -0.1) is 0 Å². The van der Waals surface area contributed by atoms with E-state index in [2.05, 4.69) is 228 Å². The lowest BCUT2D eigenvalue weighted by molar-refractivity contribution is 1.08. The summed E-state index contributed by atoms with van der Waals surface area (Å²) in [5.41, 5.74) is 14.0. The summed E-state index contributed by atoms with van der Waals surface area (Å²) in [5.74, 6) is 0.807. The van der Waals surface area contributed by atoms with Crippen LogP contribution in [0, 0.1) is 0 Å². The molecule has 10 aromatic carbocycles. The van der Waals surface area contributed by atoms with Gasteiger partial charge in [-0.25, -0.2) is 9.97 Å². The van der Waals surface area contributed by atoms with E-state index >= 15 is 0 Å². The molecule has 62 heavy (non-hydrogen) atoms. The first-order chi connectivity index (χ1) is 30.8. The van der Waals surface area contributed by atoms with E-state index in [0.29, 0.717) is 0 Å². The summed E-state index contributed by atoms with van der Waals surface area (Å²) in [6.45, 7) is 0. The number of fused-ring (bicyclic) bond motifs is 13. The molecule has 288 valence electrons. The highest BCUT2D eigenvalue weighted by Gasteiger charge is 2.25. The van der Waals surface area contributed by atoms with E-state index in [-0.39, 0.29) is 0 Å². The zero-order chi connectivity index (χ0) is 40.7. The van der Waals surface area contributed by atoms with Crippen LogP contribution in [-0.4, -0.2) is 19.1 Å². The summed E-state index contributed by atoms with van der Waals surface area (Å²) < 4.78 is 4.82. The SMILES string of the molecule is c1ccc(-c2cc(-c3ccccc3)cc(-n3c4ccccc4c4c5c6ccccc6n(-c6nc7c8ccccc8c8ccccc8c7nc6-c6ccccc6)c5ccc43)c2)cc1. The first-order valence-electron chi connectivity index (χ1n) is 21.2. The molecule has 3 heterocycles. The monoisotopic (exact) mass is 788 g/mol. The van der Waals surface area contributed by atoms with E-state index in [1.165, 1.54) is 54.6 Å². The minimum atomic E-state index is 0.807. The number of rotatable bonds is 5. The van der Waals surface area contributed by atoms with E-state index in [1.807, 2.05) is 0 Å². The zero-order valence-corrected chi connectivity index (χ0v) is 33.6. The summed E-state index contributed by atoms with van der Waals surface area (Å²) >= 11 is 0. The number of para-hydroxylation sites is 2. The van der Waals surface area contributed by atoms with Crippen LogP contribution in [0.5, 0.6) is 0 Å². The fourth-order valence-corrected chi connectivity index (χ4v) is 9.96. The molecule has 13 rings (SSSR count). The van der Waals surface area contributed by atoms with Gasteiger partial charge in [-0.2, -0.15) is 0 Å². The number of hydrogen-bond acceptors (Lipinski definition) is 2. The lowest BCUT2D eigenvalue weighted by Crippen LogP contribution is -2.04. The smallest absolute Gasteiger partial charge is 0.165 e. The van der Waals surface area contributed by atoms with Crippen LogP contribution in [0.1, 0.15) is 0 Å². The van der Waals surface area contributed by atoms with Crippen molar-refractivity contribution in [3.8, 4) is 45.0 Å². The average molecular weight is 789 g/mol. The zero-order valence-electron chi connectivity index (χ0n) is 33.6. The first kappa shape index (κ1) is 34.5. The molecule has 0 radical (unpaired) electrons.